The smallest absolute Gasteiger partial charge is 0.147 e. The molecule has 35 heavy (non-hydrogen) atoms. The van der Waals surface area contributed by atoms with Crippen molar-refractivity contribution in [2.75, 3.05) is 0 Å². The molecule has 0 saturated carbocycles. The minimum Gasteiger partial charge on any atom is -0.345 e. The molecule has 0 fully saturated rings. The lowest BCUT2D eigenvalue weighted by Gasteiger charge is -2.19. The van der Waals surface area contributed by atoms with E-state index in [-0.39, 0.29) is 5.41 Å². The van der Waals surface area contributed by atoms with Gasteiger partial charge in [-0.05, 0) is 72.5 Å². The van der Waals surface area contributed by atoms with Gasteiger partial charge in [0.25, 0.3) is 0 Å². The second-order valence-electron chi connectivity index (χ2n) is 10.2. The van der Waals surface area contributed by atoms with E-state index in [0.717, 1.165) is 50.6 Å². The van der Waals surface area contributed by atoms with Gasteiger partial charge in [-0.1, -0.05) is 51.1 Å². The molecule has 0 radical (unpaired) electrons. The number of fused-ring (bicyclic) bond motifs is 3. The minimum atomic E-state index is 0.0743. The fraction of sp³-hybridized carbons (Fsp3) is 0.161. The first-order valence-electron chi connectivity index (χ1n) is 12.0. The topological polar surface area (TPSA) is 46.5 Å². The summed E-state index contributed by atoms with van der Waals surface area (Å²) in [5.41, 5.74) is 8.69. The van der Waals surface area contributed by atoms with E-state index in [4.69, 9.17) is 4.98 Å². The van der Waals surface area contributed by atoms with Crippen molar-refractivity contribution in [3.05, 3.63) is 102 Å². The summed E-state index contributed by atoms with van der Waals surface area (Å²) in [4.78, 5) is 13.2. The molecule has 0 spiro atoms. The van der Waals surface area contributed by atoms with Gasteiger partial charge in [-0.3, -0.25) is 9.55 Å². The van der Waals surface area contributed by atoms with Crippen LogP contribution in [0.2, 0.25) is 0 Å². The van der Waals surface area contributed by atoms with Crippen LogP contribution in [0.1, 0.15) is 32.0 Å². The zero-order chi connectivity index (χ0) is 24.2. The van der Waals surface area contributed by atoms with Crippen LogP contribution in [-0.2, 0) is 5.41 Å². The molecule has 0 atom stereocenters. The van der Waals surface area contributed by atoms with E-state index in [9.17, 15) is 0 Å². The van der Waals surface area contributed by atoms with Gasteiger partial charge in [0, 0.05) is 33.8 Å². The number of pyridine rings is 2. The normalized spacial score (nSPS) is 12.0. The number of aromatic nitrogens is 4. The molecule has 6 aromatic rings. The quantitative estimate of drug-likeness (QED) is 0.295. The molecule has 172 valence electrons. The van der Waals surface area contributed by atoms with Gasteiger partial charge in [-0.2, -0.15) is 0 Å². The van der Waals surface area contributed by atoms with Crippen LogP contribution in [0.3, 0.4) is 0 Å². The summed E-state index contributed by atoms with van der Waals surface area (Å²) in [5, 5.41) is 2.38. The van der Waals surface area contributed by atoms with Crippen molar-refractivity contribution in [1.82, 2.24) is 19.5 Å². The summed E-state index contributed by atoms with van der Waals surface area (Å²) in [5.74, 6) is 1.03. The first kappa shape index (κ1) is 21.4. The molecule has 0 saturated heterocycles. The van der Waals surface area contributed by atoms with Gasteiger partial charge >= 0.3 is 0 Å². The number of nitrogens with one attached hydrogen (secondary N) is 1. The lowest BCUT2D eigenvalue weighted by Crippen LogP contribution is -2.10. The number of rotatable bonds is 3. The van der Waals surface area contributed by atoms with Gasteiger partial charge in [0.15, 0.2) is 0 Å². The molecular weight excluding hydrogens is 428 g/mol. The minimum absolute atomic E-state index is 0.0743. The molecule has 0 aliphatic rings. The third-order valence-electron chi connectivity index (χ3n) is 6.66. The highest BCUT2D eigenvalue weighted by atomic mass is 15.1. The number of aromatic amines is 1. The van der Waals surface area contributed by atoms with E-state index in [1.165, 1.54) is 10.9 Å². The number of H-pyrrole nitrogens is 1. The summed E-state index contributed by atoms with van der Waals surface area (Å²) in [7, 11) is 0. The van der Waals surface area contributed by atoms with Crippen LogP contribution in [0.15, 0.2) is 91.1 Å². The number of hydrogen-bond donors (Lipinski definition) is 1. The number of aryl methyl sites for hydroxylation is 1. The van der Waals surface area contributed by atoms with Gasteiger partial charge in [0.05, 0.1) is 16.9 Å². The van der Waals surface area contributed by atoms with Crippen LogP contribution >= 0.6 is 0 Å². The molecule has 4 heterocycles. The summed E-state index contributed by atoms with van der Waals surface area (Å²) >= 11 is 0. The van der Waals surface area contributed by atoms with Crippen LogP contribution in [0.25, 0.3) is 50.3 Å². The Morgan fingerprint density at radius 1 is 0.743 bits per heavy atom. The zero-order valence-corrected chi connectivity index (χ0v) is 20.5. The van der Waals surface area contributed by atoms with Crippen molar-refractivity contribution in [2.24, 2.45) is 0 Å². The fourth-order valence-electron chi connectivity index (χ4n) is 4.75. The Morgan fingerprint density at radius 3 is 2.29 bits per heavy atom. The van der Waals surface area contributed by atoms with E-state index in [2.05, 4.69) is 109 Å². The maximum absolute atomic E-state index is 5.22. The van der Waals surface area contributed by atoms with Gasteiger partial charge < -0.3 is 4.98 Å². The van der Waals surface area contributed by atoms with Crippen molar-refractivity contribution in [3.63, 3.8) is 0 Å². The van der Waals surface area contributed by atoms with Crippen LogP contribution < -0.4 is 0 Å². The molecule has 4 aromatic heterocycles. The first-order chi connectivity index (χ1) is 16.9. The standard InChI is InChI=1S/C31H28N4/c1-20-11-16-29(33-20)35-28-15-12-23(31(2,3)4)19-25(28)24-13-14-27(34-30(24)35)22-9-7-8-21(18-22)26-10-5-6-17-32-26/h5-19,33H,1-4H3. The van der Waals surface area contributed by atoms with Crippen molar-refractivity contribution in [3.8, 4) is 28.3 Å². The summed E-state index contributed by atoms with van der Waals surface area (Å²) < 4.78 is 2.25. The highest BCUT2D eigenvalue weighted by Crippen LogP contribution is 2.36. The van der Waals surface area contributed by atoms with E-state index in [1.54, 1.807) is 0 Å². The van der Waals surface area contributed by atoms with E-state index >= 15 is 0 Å². The Labute approximate surface area is 205 Å². The second kappa shape index (κ2) is 7.95. The van der Waals surface area contributed by atoms with E-state index in [1.807, 2.05) is 24.4 Å². The predicted molar refractivity (Wildman–Crippen MR) is 145 cm³/mol. The molecule has 2 aromatic carbocycles. The van der Waals surface area contributed by atoms with Gasteiger partial charge in [-0.15, -0.1) is 0 Å². The van der Waals surface area contributed by atoms with Crippen LogP contribution in [-0.4, -0.2) is 19.5 Å². The molecule has 0 amide bonds. The summed E-state index contributed by atoms with van der Waals surface area (Å²) in [6.07, 6.45) is 1.83. The monoisotopic (exact) mass is 456 g/mol. The summed E-state index contributed by atoms with van der Waals surface area (Å²) in [6, 6.07) is 29.8. The van der Waals surface area contributed by atoms with E-state index < -0.39 is 0 Å². The second-order valence-corrected chi connectivity index (χ2v) is 10.2. The van der Waals surface area contributed by atoms with Gasteiger partial charge in [-0.25, -0.2) is 4.98 Å². The van der Waals surface area contributed by atoms with Crippen LogP contribution in [0.4, 0.5) is 0 Å². The average molecular weight is 457 g/mol. The molecule has 4 nitrogen and oxygen atoms in total. The highest BCUT2D eigenvalue weighted by Gasteiger charge is 2.19. The Bertz CT molecular complexity index is 1680. The molecule has 0 aliphatic heterocycles. The molecule has 0 aliphatic carbocycles. The third-order valence-corrected chi connectivity index (χ3v) is 6.66. The average Bonchev–Trinajstić information content (AvgIpc) is 3.43. The Morgan fingerprint density at radius 2 is 1.57 bits per heavy atom. The van der Waals surface area contributed by atoms with Crippen molar-refractivity contribution in [1.29, 1.82) is 0 Å². The first-order valence-corrected chi connectivity index (χ1v) is 12.0. The Balaban J connectivity index is 1.59. The zero-order valence-electron chi connectivity index (χ0n) is 20.5. The molecule has 0 unspecified atom stereocenters. The van der Waals surface area contributed by atoms with Crippen molar-refractivity contribution in [2.45, 2.75) is 33.1 Å². The van der Waals surface area contributed by atoms with Crippen molar-refractivity contribution < 1.29 is 0 Å². The number of hydrogen-bond acceptors (Lipinski definition) is 2. The molecule has 6 rings (SSSR count). The van der Waals surface area contributed by atoms with E-state index in [0.29, 0.717) is 0 Å². The molecule has 4 heteroatoms. The molecule has 0 bridgehead atoms. The largest absolute Gasteiger partial charge is 0.345 e. The Kier molecular flexibility index (Phi) is 4.85. The van der Waals surface area contributed by atoms with Crippen LogP contribution in [0.5, 0.6) is 0 Å². The lowest BCUT2D eigenvalue weighted by molar-refractivity contribution is 0.591. The van der Waals surface area contributed by atoms with Gasteiger partial charge in [0.1, 0.15) is 11.5 Å². The predicted octanol–water partition coefficient (Wildman–Crippen LogP) is 7.84. The van der Waals surface area contributed by atoms with Gasteiger partial charge in [0.2, 0.25) is 0 Å². The number of nitrogens with zero attached hydrogens (tertiary/aromatic N) is 3. The Hall–Kier alpha value is -4.18. The lowest BCUT2D eigenvalue weighted by atomic mass is 9.86. The van der Waals surface area contributed by atoms with Crippen LogP contribution in [0, 0.1) is 6.92 Å². The third kappa shape index (κ3) is 3.71. The SMILES string of the molecule is Cc1ccc(-n2c3ccc(C(C)(C)C)cc3c3ccc(-c4cccc(-c5ccccn5)c4)nc32)[nH]1. The van der Waals surface area contributed by atoms with Crippen molar-refractivity contribution >= 4 is 21.9 Å². The summed E-state index contributed by atoms with van der Waals surface area (Å²) in [6.45, 7) is 8.85. The molecule has 1 N–H and O–H groups in total. The number of benzene rings is 2. The maximum atomic E-state index is 5.22. The molecular formula is C31H28N4. The maximum Gasteiger partial charge on any atom is 0.147 e. The fourth-order valence-corrected chi connectivity index (χ4v) is 4.75. The highest BCUT2D eigenvalue weighted by molar-refractivity contribution is 6.08.